The smallest absolute Gasteiger partial charge is 0.274 e. The van der Waals surface area contributed by atoms with E-state index in [1.807, 2.05) is 19.1 Å². The number of nitrogen functional groups attached to an aromatic ring is 1. The number of pyridine rings is 1. The van der Waals surface area contributed by atoms with Crippen molar-refractivity contribution in [2.75, 3.05) is 11.1 Å². The Kier molecular flexibility index (Phi) is 4.77. The Labute approximate surface area is 124 Å². The van der Waals surface area contributed by atoms with E-state index in [0.29, 0.717) is 11.4 Å². The van der Waals surface area contributed by atoms with Gasteiger partial charge in [-0.25, -0.2) is 0 Å². The molecular formula is C16H19N3O2. The van der Waals surface area contributed by atoms with Crippen LogP contribution in [0.1, 0.15) is 30.8 Å². The fraction of sp³-hybridized carbons (Fsp3) is 0.250. The summed E-state index contributed by atoms with van der Waals surface area (Å²) in [5, 5.41) is 2.78. The van der Waals surface area contributed by atoms with E-state index in [0.717, 1.165) is 12.2 Å². The van der Waals surface area contributed by atoms with Gasteiger partial charge in [0.05, 0.1) is 6.10 Å². The maximum atomic E-state index is 12.1. The summed E-state index contributed by atoms with van der Waals surface area (Å²) in [5.41, 5.74) is 7.09. The number of ether oxygens (including phenoxy) is 1. The molecule has 2 aromatic rings. The van der Waals surface area contributed by atoms with Crippen molar-refractivity contribution in [3.8, 4) is 5.75 Å². The van der Waals surface area contributed by atoms with Crippen LogP contribution in [-0.4, -0.2) is 17.0 Å². The minimum Gasteiger partial charge on any atom is -0.491 e. The van der Waals surface area contributed by atoms with Gasteiger partial charge in [-0.05, 0) is 37.6 Å². The van der Waals surface area contributed by atoms with Crippen LogP contribution in [0.3, 0.4) is 0 Å². The fourth-order valence-electron chi connectivity index (χ4n) is 1.73. The molecule has 0 saturated carbocycles. The molecule has 1 aromatic heterocycles. The first-order valence-electron chi connectivity index (χ1n) is 6.88. The number of carbonyl (C=O) groups is 1. The largest absolute Gasteiger partial charge is 0.491 e. The van der Waals surface area contributed by atoms with Crippen molar-refractivity contribution in [2.45, 2.75) is 26.4 Å². The first-order chi connectivity index (χ1) is 10.1. The van der Waals surface area contributed by atoms with Gasteiger partial charge in [-0.15, -0.1) is 0 Å². The molecule has 5 heteroatoms. The van der Waals surface area contributed by atoms with Gasteiger partial charge < -0.3 is 15.8 Å². The number of nitrogens with zero attached hydrogens (tertiary/aromatic N) is 1. The summed E-state index contributed by atoms with van der Waals surface area (Å²) in [6, 6.07) is 10.5. The summed E-state index contributed by atoms with van der Waals surface area (Å²) in [6.07, 6.45) is 2.56. The Morgan fingerprint density at radius 3 is 2.90 bits per heavy atom. The zero-order valence-electron chi connectivity index (χ0n) is 12.2. The molecule has 2 rings (SSSR count). The molecule has 0 fully saturated rings. The monoisotopic (exact) mass is 285 g/mol. The van der Waals surface area contributed by atoms with Crippen molar-refractivity contribution < 1.29 is 9.53 Å². The summed E-state index contributed by atoms with van der Waals surface area (Å²) < 4.78 is 5.72. The van der Waals surface area contributed by atoms with Crippen molar-refractivity contribution in [3.63, 3.8) is 0 Å². The standard InChI is InChI=1S/C16H19N3O2/c1-3-11(2)21-14-6-4-5-13(10-14)19-16(20)15-9-12(17)7-8-18-15/h4-11H,3H2,1-2H3,(H2,17,18)(H,19,20). The summed E-state index contributed by atoms with van der Waals surface area (Å²) in [5.74, 6) is 0.422. The first kappa shape index (κ1) is 14.8. The maximum absolute atomic E-state index is 12.1. The minimum atomic E-state index is -0.303. The third-order valence-electron chi connectivity index (χ3n) is 3.02. The lowest BCUT2D eigenvalue weighted by Crippen LogP contribution is -2.14. The molecule has 0 saturated heterocycles. The number of nitrogens with one attached hydrogen (secondary N) is 1. The number of benzene rings is 1. The summed E-state index contributed by atoms with van der Waals surface area (Å²) in [6.45, 7) is 4.06. The molecule has 1 aromatic carbocycles. The van der Waals surface area contributed by atoms with Crippen LogP contribution in [0.2, 0.25) is 0 Å². The Bertz CT molecular complexity index is 628. The SMILES string of the molecule is CCC(C)Oc1cccc(NC(=O)c2cc(N)ccn2)c1. The average molecular weight is 285 g/mol. The highest BCUT2D eigenvalue weighted by molar-refractivity contribution is 6.03. The molecule has 0 aliphatic carbocycles. The van der Waals surface area contributed by atoms with Gasteiger partial charge in [0, 0.05) is 23.6 Å². The quantitative estimate of drug-likeness (QED) is 0.885. The highest BCUT2D eigenvalue weighted by atomic mass is 16.5. The van der Waals surface area contributed by atoms with E-state index < -0.39 is 0 Å². The molecule has 21 heavy (non-hydrogen) atoms. The van der Waals surface area contributed by atoms with Crippen molar-refractivity contribution in [1.82, 2.24) is 4.98 Å². The van der Waals surface area contributed by atoms with E-state index in [-0.39, 0.29) is 17.7 Å². The third-order valence-corrected chi connectivity index (χ3v) is 3.02. The Balaban J connectivity index is 2.09. The molecule has 1 unspecified atom stereocenters. The van der Waals surface area contributed by atoms with Crippen LogP contribution >= 0.6 is 0 Å². The van der Waals surface area contributed by atoms with Crippen molar-refractivity contribution in [1.29, 1.82) is 0 Å². The van der Waals surface area contributed by atoms with Crippen molar-refractivity contribution in [2.24, 2.45) is 0 Å². The first-order valence-corrected chi connectivity index (χ1v) is 6.88. The van der Waals surface area contributed by atoms with Crippen LogP contribution in [0, 0.1) is 0 Å². The van der Waals surface area contributed by atoms with Crippen LogP contribution in [-0.2, 0) is 0 Å². The number of aromatic nitrogens is 1. The fourth-order valence-corrected chi connectivity index (χ4v) is 1.73. The second kappa shape index (κ2) is 6.74. The second-order valence-electron chi connectivity index (χ2n) is 4.79. The number of anilines is 2. The second-order valence-corrected chi connectivity index (χ2v) is 4.79. The summed E-state index contributed by atoms with van der Waals surface area (Å²) in [7, 11) is 0. The van der Waals surface area contributed by atoms with Gasteiger partial charge in [-0.1, -0.05) is 13.0 Å². The molecule has 0 aliphatic rings. The summed E-state index contributed by atoms with van der Waals surface area (Å²) in [4.78, 5) is 16.1. The molecule has 3 N–H and O–H groups in total. The van der Waals surface area contributed by atoms with Gasteiger partial charge in [-0.2, -0.15) is 0 Å². The average Bonchev–Trinajstić information content (AvgIpc) is 2.47. The van der Waals surface area contributed by atoms with Gasteiger partial charge >= 0.3 is 0 Å². The number of hydrogen-bond donors (Lipinski definition) is 2. The van der Waals surface area contributed by atoms with Gasteiger partial charge in [0.25, 0.3) is 5.91 Å². The van der Waals surface area contributed by atoms with Gasteiger partial charge in [-0.3, -0.25) is 9.78 Å². The molecule has 1 amide bonds. The van der Waals surface area contributed by atoms with E-state index in [1.165, 1.54) is 12.3 Å². The predicted octanol–water partition coefficient (Wildman–Crippen LogP) is 3.09. The zero-order valence-corrected chi connectivity index (χ0v) is 12.2. The van der Waals surface area contributed by atoms with Crippen LogP contribution in [0.15, 0.2) is 42.6 Å². The summed E-state index contributed by atoms with van der Waals surface area (Å²) >= 11 is 0. The Morgan fingerprint density at radius 2 is 2.19 bits per heavy atom. The lowest BCUT2D eigenvalue weighted by Gasteiger charge is -2.13. The minimum absolute atomic E-state index is 0.131. The highest BCUT2D eigenvalue weighted by Gasteiger charge is 2.09. The number of carbonyl (C=O) groups excluding carboxylic acids is 1. The number of amides is 1. The van der Waals surface area contributed by atoms with E-state index in [9.17, 15) is 4.79 Å². The van der Waals surface area contributed by atoms with E-state index in [2.05, 4.69) is 17.2 Å². The zero-order chi connectivity index (χ0) is 15.2. The lowest BCUT2D eigenvalue weighted by molar-refractivity contribution is 0.102. The lowest BCUT2D eigenvalue weighted by atomic mass is 10.2. The topological polar surface area (TPSA) is 77.2 Å². The molecular weight excluding hydrogens is 266 g/mol. The van der Waals surface area contributed by atoms with Gasteiger partial charge in [0.2, 0.25) is 0 Å². The van der Waals surface area contributed by atoms with Crippen molar-refractivity contribution in [3.05, 3.63) is 48.3 Å². The Hall–Kier alpha value is -2.56. The van der Waals surface area contributed by atoms with Crippen molar-refractivity contribution >= 4 is 17.3 Å². The van der Waals surface area contributed by atoms with E-state index in [1.54, 1.807) is 18.2 Å². The molecule has 0 aliphatic heterocycles. The predicted molar refractivity (Wildman–Crippen MR) is 83.4 cm³/mol. The van der Waals surface area contributed by atoms with E-state index in [4.69, 9.17) is 10.5 Å². The van der Waals surface area contributed by atoms with Crippen LogP contribution in [0.4, 0.5) is 11.4 Å². The van der Waals surface area contributed by atoms with Crippen LogP contribution < -0.4 is 15.8 Å². The normalized spacial score (nSPS) is 11.7. The number of hydrogen-bond acceptors (Lipinski definition) is 4. The van der Waals surface area contributed by atoms with Gasteiger partial charge in [0.15, 0.2) is 0 Å². The molecule has 0 radical (unpaired) electrons. The molecule has 1 heterocycles. The molecule has 0 bridgehead atoms. The molecule has 110 valence electrons. The highest BCUT2D eigenvalue weighted by Crippen LogP contribution is 2.19. The molecule has 5 nitrogen and oxygen atoms in total. The third kappa shape index (κ3) is 4.21. The maximum Gasteiger partial charge on any atom is 0.274 e. The molecule has 1 atom stereocenters. The number of nitrogens with two attached hydrogens (primary N) is 1. The van der Waals surface area contributed by atoms with Crippen LogP contribution in [0.25, 0.3) is 0 Å². The van der Waals surface area contributed by atoms with E-state index >= 15 is 0 Å². The number of rotatable bonds is 5. The molecule has 0 spiro atoms. The Morgan fingerprint density at radius 1 is 1.38 bits per heavy atom. The van der Waals surface area contributed by atoms with Crippen LogP contribution in [0.5, 0.6) is 5.75 Å². The van der Waals surface area contributed by atoms with Gasteiger partial charge in [0.1, 0.15) is 11.4 Å².